The van der Waals surface area contributed by atoms with E-state index in [-0.39, 0.29) is 0 Å². The maximum absolute atomic E-state index is 6.28. The van der Waals surface area contributed by atoms with Gasteiger partial charge in [0.1, 0.15) is 5.75 Å². The number of unbranched alkanes of at least 4 members (excludes halogenated alkanes) is 5. The Balaban J connectivity index is 1.06. The summed E-state index contributed by atoms with van der Waals surface area (Å²) in [6.07, 6.45) is 26.3. The van der Waals surface area contributed by atoms with Crippen molar-refractivity contribution in [2.24, 2.45) is 5.92 Å². The number of hydrogen-bond donors (Lipinski definition) is 2. The van der Waals surface area contributed by atoms with Gasteiger partial charge in [-0.25, -0.2) is 9.97 Å². The van der Waals surface area contributed by atoms with Crippen LogP contribution in [0.15, 0.2) is 164 Å². The van der Waals surface area contributed by atoms with E-state index in [9.17, 15) is 0 Å². The topological polar surface area (TPSA) is 66.6 Å². The zero-order chi connectivity index (χ0) is 41.5. The second-order valence-electron chi connectivity index (χ2n) is 16.3. The Bertz CT molecular complexity index is 2920. The van der Waals surface area contributed by atoms with E-state index >= 15 is 0 Å². The van der Waals surface area contributed by atoms with Crippen LogP contribution in [-0.2, 0) is 0 Å². The number of nitrogens with zero attached hydrogens (tertiary/aromatic N) is 2. The van der Waals surface area contributed by atoms with Crippen molar-refractivity contribution in [2.75, 3.05) is 6.61 Å². The zero-order valence-electron chi connectivity index (χ0n) is 34.9. The van der Waals surface area contributed by atoms with Gasteiger partial charge in [0, 0.05) is 44.3 Å². The molecule has 0 saturated heterocycles. The molecule has 2 N–H and O–H groups in total. The highest BCUT2D eigenvalue weighted by molar-refractivity contribution is 5.99. The number of benzene rings is 4. The molecule has 0 fully saturated rings. The van der Waals surface area contributed by atoms with Crippen molar-refractivity contribution in [1.29, 1.82) is 0 Å². The highest BCUT2D eigenvalue weighted by Gasteiger charge is 2.19. The minimum absolute atomic E-state index is 0.655. The van der Waals surface area contributed by atoms with Crippen molar-refractivity contribution in [2.45, 2.75) is 44.9 Å². The molecule has 1 aliphatic carbocycles. The maximum Gasteiger partial charge on any atom is 0.119 e. The van der Waals surface area contributed by atoms with Crippen LogP contribution in [0.25, 0.3) is 90.9 Å². The molecule has 4 aromatic carbocycles. The van der Waals surface area contributed by atoms with Gasteiger partial charge in [-0.3, -0.25) is 0 Å². The fourth-order valence-corrected chi connectivity index (χ4v) is 9.00. The van der Waals surface area contributed by atoms with E-state index < -0.39 is 0 Å². The van der Waals surface area contributed by atoms with Crippen molar-refractivity contribution < 1.29 is 4.74 Å². The summed E-state index contributed by atoms with van der Waals surface area (Å²) >= 11 is 0. The second-order valence-corrected chi connectivity index (χ2v) is 16.3. The molecule has 0 unspecified atom stereocenters. The summed E-state index contributed by atoms with van der Waals surface area (Å²) < 4.78 is 6.28. The van der Waals surface area contributed by atoms with E-state index in [0.717, 1.165) is 108 Å². The van der Waals surface area contributed by atoms with E-state index in [1.54, 1.807) is 0 Å². The van der Waals surface area contributed by atoms with Gasteiger partial charge in [0.2, 0.25) is 0 Å². The average Bonchev–Trinajstić information content (AvgIpc) is 4.19. The molecular formula is C57H50N4O. The van der Waals surface area contributed by atoms with E-state index in [4.69, 9.17) is 14.7 Å². The quantitative estimate of drug-likeness (QED) is 0.108. The number of H-pyrrole nitrogens is 2. The third-order valence-corrected chi connectivity index (χ3v) is 12.1. The predicted molar refractivity (Wildman–Crippen MR) is 260 cm³/mol. The standard InChI is InChI=1S/C57H50N4O/c1(3-8-18-40-19-15-16-20-40)2-4-17-39-62-45-29-27-44(28-30-45)57-52-37-35-50(60-52)55(42-23-11-6-12-24-42)48-33-31-46(58-48)54(41-21-9-5-10-22-41)47-32-34-49(59-47)56(43-25-13-7-14-26-43)51-36-38-53(57)61-51/h5-7,9-16,19-38,40,58,61H,1-4,8,17-18,39H2. The number of aromatic nitrogens is 4. The van der Waals surface area contributed by atoms with Crippen molar-refractivity contribution in [3.63, 3.8) is 0 Å². The van der Waals surface area contributed by atoms with Crippen molar-refractivity contribution in [3.05, 3.63) is 187 Å². The fraction of sp³-hybridized carbons (Fsp3) is 0.158. The first-order valence-corrected chi connectivity index (χ1v) is 22.2. The Hall–Kier alpha value is -7.24. The predicted octanol–water partition coefficient (Wildman–Crippen LogP) is 15.2. The minimum atomic E-state index is 0.655. The van der Waals surface area contributed by atoms with E-state index in [2.05, 4.69) is 198 Å². The molecule has 0 amide bonds. The molecule has 8 bridgehead atoms. The van der Waals surface area contributed by atoms with Crippen molar-refractivity contribution in [1.82, 2.24) is 19.9 Å². The molecule has 0 spiro atoms. The van der Waals surface area contributed by atoms with Gasteiger partial charge in [-0.15, -0.1) is 0 Å². The molecule has 10 rings (SSSR count). The highest BCUT2D eigenvalue weighted by Crippen LogP contribution is 2.38. The highest BCUT2D eigenvalue weighted by atomic mass is 16.5. The molecule has 5 heterocycles. The van der Waals surface area contributed by atoms with Crippen molar-refractivity contribution in [3.8, 4) is 50.3 Å². The Morgan fingerprint density at radius 2 is 0.758 bits per heavy atom. The zero-order valence-corrected chi connectivity index (χ0v) is 34.9. The summed E-state index contributed by atoms with van der Waals surface area (Å²) in [7, 11) is 0. The van der Waals surface area contributed by atoms with Crippen LogP contribution in [0.1, 0.15) is 67.7 Å². The third kappa shape index (κ3) is 8.39. The van der Waals surface area contributed by atoms with Gasteiger partial charge in [0.05, 0.1) is 29.4 Å². The minimum Gasteiger partial charge on any atom is -0.494 e. The third-order valence-electron chi connectivity index (χ3n) is 12.1. The van der Waals surface area contributed by atoms with Gasteiger partial charge in [-0.1, -0.05) is 160 Å². The van der Waals surface area contributed by atoms with Gasteiger partial charge in [0.15, 0.2) is 0 Å². The van der Waals surface area contributed by atoms with Gasteiger partial charge in [0.25, 0.3) is 0 Å². The smallest absolute Gasteiger partial charge is 0.119 e. The number of rotatable bonds is 14. The van der Waals surface area contributed by atoms with Gasteiger partial charge < -0.3 is 14.7 Å². The normalized spacial score (nSPS) is 13.0. The molecule has 3 aromatic heterocycles. The molecule has 5 nitrogen and oxygen atoms in total. The molecule has 0 radical (unpaired) electrons. The lowest BCUT2D eigenvalue weighted by Gasteiger charge is -2.09. The van der Waals surface area contributed by atoms with Crippen LogP contribution < -0.4 is 4.74 Å². The van der Waals surface area contributed by atoms with E-state index in [1.807, 2.05) is 0 Å². The first-order valence-electron chi connectivity index (χ1n) is 22.2. The SMILES string of the molecule is C1=CC(CCCCCCCCOc2ccc(-c3c4nc(c(-c5ccccc5)c5ccc([nH]5)c(-c5ccccc5)c5nc(c(-c6ccccc6)c6ccc3[nH]6)C=C5)C=C4)cc2)C=C1. The summed E-state index contributed by atoms with van der Waals surface area (Å²) in [4.78, 5) is 18.6. The first-order chi connectivity index (χ1) is 30.7. The molecule has 0 atom stereocenters. The fourth-order valence-electron chi connectivity index (χ4n) is 9.00. The molecule has 0 saturated carbocycles. The number of ether oxygens (including phenoxy) is 1. The number of allylic oxidation sites excluding steroid dienone is 4. The molecule has 5 heteroatoms. The van der Waals surface area contributed by atoms with Crippen LogP contribution in [0.3, 0.4) is 0 Å². The number of aromatic amines is 2. The first kappa shape index (κ1) is 38.9. The number of nitrogens with one attached hydrogen (secondary N) is 2. The lowest BCUT2D eigenvalue weighted by Crippen LogP contribution is -1.97. The molecule has 62 heavy (non-hydrogen) atoms. The molecule has 304 valence electrons. The Morgan fingerprint density at radius 3 is 1.18 bits per heavy atom. The molecular weight excluding hydrogens is 757 g/mol. The van der Waals surface area contributed by atoms with Gasteiger partial charge in [-0.2, -0.15) is 0 Å². The lowest BCUT2D eigenvalue weighted by atomic mass is 10.0. The monoisotopic (exact) mass is 806 g/mol. The van der Waals surface area contributed by atoms with Gasteiger partial charge >= 0.3 is 0 Å². The molecule has 7 aromatic rings. The van der Waals surface area contributed by atoms with Crippen LogP contribution in [-0.4, -0.2) is 26.5 Å². The lowest BCUT2D eigenvalue weighted by molar-refractivity contribution is 0.304. The van der Waals surface area contributed by atoms with Crippen LogP contribution in [0, 0.1) is 5.92 Å². The van der Waals surface area contributed by atoms with E-state index in [0.29, 0.717) is 5.92 Å². The summed E-state index contributed by atoms with van der Waals surface area (Å²) in [5.41, 5.74) is 16.0. The summed E-state index contributed by atoms with van der Waals surface area (Å²) in [6, 6.07) is 48.9. The molecule has 3 aliphatic rings. The van der Waals surface area contributed by atoms with Crippen molar-refractivity contribution >= 4 is 46.4 Å². The van der Waals surface area contributed by atoms with E-state index in [1.165, 1.54) is 38.5 Å². The Kier molecular flexibility index (Phi) is 11.4. The van der Waals surface area contributed by atoms with Crippen LogP contribution in [0.2, 0.25) is 0 Å². The molecule has 2 aliphatic heterocycles. The van der Waals surface area contributed by atoms with Crippen LogP contribution in [0.5, 0.6) is 5.75 Å². The summed E-state index contributed by atoms with van der Waals surface area (Å²) in [6.45, 7) is 0.722. The second kappa shape index (κ2) is 18.2. The maximum atomic E-state index is 6.28. The van der Waals surface area contributed by atoms with Gasteiger partial charge in [-0.05, 0) is 102 Å². The Morgan fingerprint density at radius 1 is 0.387 bits per heavy atom. The number of hydrogen-bond acceptors (Lipinski definition) is 3. The van der Waals surface area contributed by atoms with Crippen LogP contribution >= 0.6 is 0 Å². The summed E-state index contributed by atoms with van der Waals surface area (Å²) in [5.74, 6) is 1.54. The summed E-state index contributed by atoms with van der Waals surface area (Å²) in [5, 5.41) is 0. The van der Waals surface area contributed by atoms with Crippen LogP contribution in [0.4, 0.5) is 0 Å². The largest absolute Gasteiger partial charge is 0.494 e. The Labute approximate surface area is 364 Å². The average molecular weight is 807 g/mol. The number of fused-ring (bicyclic) bond motifs is 8.